The quantitative estimate of drug-likeness (QED) is 0.836. The molecule has 0 amide bonds. The van der Waals surface area contributed by atoms with Gasteiger partial charge in [0.1, 0.15) is 0 Å². The fourth-order valence-corrected chi connectivity index (χ4v) is 3.48. The lowest BCUT2D eigenvalue weighted by Gasteiger charge is -2.37. The van der Waals surface area contributed by atoms with E-state index in [0.717, 1.165) is 25.6 Å². The largest absolute Gasteiger partial charge is 0.481 e. The summed E-state index contributed by atoms with van der Waals surface area (Å²) in [7, 11) is 3.72. The maximum Gasteiger partial charge on any atom is 0.228 e. The van der Waals surface area contributed by atoms with Crippen molar-refractivity contribution in [3.63, 3.8) is 0 Å². The number of ether oxygens (including phenoxy) is 1. The van der Waals surface area contributed by atoms with E-state index in [1.807, 2.05) is 0 Å². The SMILES string of the molecule is COc1ccnc(N(C)C2CCCN(Cc3cc(C)ccc3C)C2)n1. The standard InChI is InChI=1S/C20H28N4O/c1-15-7-8-16(2)17(12-15)13-24-11-5-6-18(14-24)23(3)20-21-10-9-19(22-20)25-4/h7-10,12,18H,5-6,11,13-14H2,1-4H3. The number of hydrogen-bond donors (Lipinski definition) is 0. The van der Waals surface area contributed by atoms with E-state index in [0.29, 0.717) is 11.9 Å². The fourth-order valence-electron chi connectivity index (χ4n) is 3.48. The number of aryl methyl sites for hydroxylation is 2. The van der Waals surface area contributed by atoms with Gasteiger partial charge in [-0.2, -0.15) is 4.98 Å². The van der Waals surface area contributed by atoms with Crippen LogP contribution in [0, 0.1) is 13.8 Å². The summed E-state index contributed by atoms with van der Waals surface area (Å²) in [6.07, 6.45) is 4.12. The maximum atomic E-state index is 5.23. The molecule has 0 N–H and O–H groups in total. The summed E-state index contributed by atoms with van der Waals surface area (Å²) in [6, 6.07) is 8.93. The number of likely N-dealkylation sites (N-methyl/N-ethyl adjacent to an activating group) is 1. The van der Waals surface area contributed by atoms with Gasteiger partial charge in [-0.15, -0.1) is 0 Å². The molecule has 5 heteroatoms. The Morgan fingerprint density at radius 2 is 2.12 bits per heavy atom. The van der Waals surface area contributed by atoms with Crippen LogP contribution in [0.2, 0.25) is 0 Å². The van der Waals surface area contributed by atoms with Crippen LogP contribution in [0.25, 0.3) is 0 Å². The third-order valence-corrected chi connectivity index (χ3v) is 5.07. The van der Waals surface area contributed by atoms with Gasteiger partial charge in [0.2, 0.25) is 11.8 Å². The molecule has 1 fully saturated rings. The van der Waals surface area contributed by atoms with Gasteiger partial charge in [-0.1, -0.05) is 23.8 Å². The molecule has 1 saturated heterocycles. The highest BCUT2D eigenvalue weighted by Crippen LogP contribution is 2.22. The van der Waals surface area contributed by atoms with E-state index in [9.17, 15) is 0 Å². The van der Waals surface area contributed by atoms with Crippen molar-refractivity contribution >= 4 is 5.95 Å². The molecule has 3 rings (SSSR count). The van der Waals surface area contributed by atoms with Gasteiger partial charge in [0.05, 0.1) is 7.11 Å². The van der Waals surface area contributed by atoms with Crippen LogP contribution in [0.5, 0.6) is 5.88 Å². The minimum Gasteiger partial charge on any atom is -0.481 e. The second-order valence-electron chi connectivity index (χ2n) is 6.97. The Morgan fingerprint density at radius 3 is 2.92 bits per heavy atom. The molecule has 2 heterocycles. The molecule has 1 unspecified atom stereocenters. The minimum absolute atomic E-state index is 0.422. The number of methoxy groups -OCH3 is 1. The van der Waals surface area contributed by atoms with E-state index in [2.05, 4.69) is 58.9 Å². The number of anilines is 1. The molecule has 1 aliphatic heterocycles. The molecule has 134 valence electrons. The first-order valence-corrected chi connectivity index (χ1v) is 8.95. The molecule has 0 spiro atoms. The molecule has 0 saturated carbocycles. The van der Waals surface area contributed by atoms with Gasteiger partial charge in [-0.25, -0.2) is 4.98 Å². The third-order valence-electron chi connectivity index (χ3n) is 5.07. The van der Waals surface area contributed by atoms with Crippen molar-refractivity contribution in [3.05, 3.63) is 47.2 Å². The van der Waals surface area contributed by atoms with Crippen molar-refractivity contribution in [1.29, 1.82) is 0 Å². The Labute approximate surface area is 150 Å². The van der Waals surface area contributed by atoms with Gasteiger partial charge in [0.25, 0.3) is 0 Å². The van der Waals surface area contributed by atoms with Crippen LogP contribution in [0.3, 0.4) is 0 Å². The predicted octanol–water partition coefficient (Wildman–Crippen LogP) is 3.20. The van der Waals surface area contributed by atoms with Gasteiger partial charge < -0.3 is 9.64 Å². The van der Waals surface area contributed by atoms with Gasteiger partial charge in [-0.3, -0.25) is 4.90 Å². The van der Waals surface area contributed by atoms with E-state index in [4.69, 9.17) is 4.74 Å². The first-order valence-electron chi connectivity index (χ1n) is 8.95. The number of nitrogens with zero attached hydrogens (tertiary/aromatic N) is 4. The van der Waals surface area contributed by atoms with Crippen LogP contribution in [0.15, 0.2) is 30.5 Å². The maximum absolute atomic E-state index is 5.23. The van der Waals surface area contributed by atoms with Crippen LogP contribution >= 0.6 is 0 Å². The van der Waals surface area contributed by atoms with E-state index in [1.54, 1.807) is 19.4 Å². The molecule has 1 aromatic carbocycles. The molecular weight excluding hydrogens is 312 g/mol. The Kier molecular flexibility index (Phi) is 5.53. The van der Waals surface area contributed by atoms with Crippen molar-refractivity contribution in [2.45, 2.75) is 39.3 Å². The molecule has 5 nitrogen and oxygen atoms in total. The Bertz CT molecular complexity index is 719. The number of hydrogen-bond acceptors (Lipinski definition) is 5. The number of piperidine rings is 1. The Morgan fingerprint density at radius 1 is 1.28 bits per heavy atom. The highest BCUT2D eigenvalue weighted by molar-refractivity contribution is 5.33. The smallest absolute Gasteiger partial charge is 0.228 e. The second kappa shape index (κ2) is 7.83. The molecule has 1 aromatic heterocycles. The Balaban J connectivity index is 1.69. The minimum atomic E-state index is 0.422. The highest BCUT2D eigenvalue weighted by atomic mass is 16.5. The van der Waals surface area contributed by atoms with Crippen molar-refractivity contribution in [2.75, 3.05) is 32.1 Å². The average Bonchev–Trinajstić information content (AvgIpc) is 2.64. The van der Waals surface area contributed by atoms with Crippen molar-refractivity contribution in [3.8, 4) is 5.88 Å². The summed E-state index contributed by atoms with van der Waals surface area (Å²) >= 11 is 0. The third kappa shape index (κ3) is 4.28. The van der Waals surface area contributed by atoms with Gasteiger partial charge >= 0.3 is 0 Å². The van der Waals surface area contributed by atoms with Crippen LogP contribution < -0.4 is 9.64 Å². The van der Waals surface area contributed by atoms with Crippen molar-refractivity contribution in [1.82, 2.24) is 14.9 Å². The van der Waals surface area contributed by atoms with Crippen LogP contribution in [-0.4, -0.2) is 48.2 Å². The predicted molar refractivity (Wildman–Crippen MR) is 101 cm³/mol. The van der Waals surface area contributed by atoms with Crippen molar-refractivity contribution in [2.24, 2.45) is 0 Å². The van der Waals surface area contributed by atoms with Crippen molar-refractivity contribution < 1.29 is 4.74 Å². The van der Waals surface area contributed by atoms with Crippen LogP contribution in [0.1, 0.15) is 29.5 Å². The number of benzene rings is 1. The first-order chi connectivity index (χ1) is 12.1. The summed E-state index contributed by atoms with van der Waals surface area (Å²) in [4.78, 5) is 13.6. The van der Waals surface area contributed by atoms with Gasteiger partial charge in [0.15, 0.2) is 0 Å². The zero-order valence-corrected chi connectivity index (χ0v) is 15.7. The lowest BCUT2D eigenvalue weighted by atomic mass is 10.0. The number of likely N-dealkylation sites (tertiary alicyclic amines) is 1. The summed E-state index contributed by atoms with van der Waals surface area (Å²) in [5.41, 5.74) is 4.13. The molecule has 1 atom stereocenters. The van der Waals surface area contributed by atoms with E-state index in [-0.39, 0.29) is 0 Å². The molecular formula is C20H28N4O. The van der Waals surface area contributed by atoms with Crippen LogP contribution in [0.4, 0.5) is 5.95 Å². The lowest BCUT2D eigenvalue weighted by Crippen LogP contribution is -2.46. The fraction of sp³-hybridized carbons (Fsp3) is 0.500. The zero-order valence-electron chi connectivity index (χ0n) is 15.7. The second-order valence-corrected chi connectivity index (χ2v) is 6.97. The Hall–Kier alpha value is -2.14. The number of aromatic nitrogens is 2. The van der Waals surface area contributed by atoms with E-state index in [1.165, 1.54) is 29.5 Å². The van der Waals surface area contributed by atoms with E-state index < -0.39 is 0 Å². The first kappa shape index (κ1) is 17.7. The lowest BCUT2D eigenvalue weighted by molar-refractivity contribution is 0.197. The molecule has 0 aliphatic carbocycles. The van der Waals surface area contributed by atoms with E-state index >= 15 is 0 Å². The zero-order chi connectivity index (χ0) is 17.8. The average molecular weight is 340 g/mol. The summed E-state index contributed by atoms with van der Waals surface area (Å²) in [5, 5.41) is 0. The summed E-state index contributed by atoms with van der Waals surface area (Å²) in [5.74, 6) is 1.35. The van der Waals surface area contributed by atoms with Gasteiger partial charge in [-0.05, 0) is 44.4 Å². The normalized spacial score (nSPS) is 18.2. The molecule has 0 radical (unpaired) electrons. The number of rotatable bonds is 5. The van der Waals surface area contributed by atoms with Crippen LogP contribution in [-0.2, 0) is 6.54 Å². The summed E-state index contributed by atoms with van der Waals surface area (Å²) < 4.78 is 5.23. The summed E-state index contributed by atoms with van der Waals surface area (Å²) in [6.45, 7) is 7.56. The highest BCUT2D eigenvalue weighted by Gasteiger charge is 2.25. The molecule has 25 heavy (non-hydrogen) atoms. The molecule has 1 aliphatic rings. The molecule has 2 aromatic rings. The molecule has 0 bridgehead atoms. The monoisotopic (exact) mass is 340 g/mol. The topological polar surface area (TPSA) is 41.5 Å². The van der Waals surface area contributed by atoms with Gasteiger partial charge in [0, 0.05) is 38.4 Å².